The fourth-order valence-corrected chi connectivity index (χ4v) is 4.32. The summed E-state index contributed by atoms with van der Waals surface area (Å²) in [6, 6.07) is 19.4. The van der Waals surface area contributed by atoms with Crippen molar-refractivity contribution in [3.63, 3.8) is 0 Å². The van der Waals surface area contributed by atoms with Gasteiger partial charge in [-0.05, 0) is 54.8 Å². The third-order valence-corrected chi connectivity index (χ3v) is 5.75. The maximum Gasteiger partial charge on any atom is 0.573 e. The van der Waals surface area contributed by atoms with Gasteiger partial charge in [0.15, 0.2) is 0 Å². The molecule has 0 saturated heterocycles. The summed E-state index contributed by atoms with van der Waals surface area (Å²) in [5.41, 5.74) is 4.40. The van der Waals surface area contributed by atoms with Gasteiger partial charge in [-0.1, -0.05) is 50.2 Å². The molecule has 2 amide bonds. The molecule has 9 heteroatoms. The first-order valence-corrected chi connectivity index (χ1v) is 11.7. The lowest BCUT2D eigenvalue weighted by Gasteiger charge is -2.25. The molecular weight excluding hydrogens is 483 g/mol. The minimum atomic E-state index is -4.82. The van der Waals surface area contributed by atoms with Gasteiger partial charge in [-0.25, -0.2) is 4.79 Å². The van der Waals surface area contributed by atoms with E-state index in [1.807, 2.05) is 36.4 Å². The maximum atomic E-state index is 13.4. The number of aromatic nitrogens is 1. The van der Waals surface area contributed by atoms with Crippen LogP contribution in [0.2, 0.25) is 0 Å². The van der Waals surface area contributed by atoms with Crippen LogP contribution in [0.15, 0.2) is 72.8 Å². The third kappa shape index (κ3) is 5.94. The number of hydrogen-bond donors (Lipinski definition) is 2. The number of amides is 2. The Balaban J connectivity index is 1.72. The van der Waals surface area contributed by atoms with Crippen LogP contribution in [0.1, 0.15) is 32.3 Å². The van der Waals surface area contributed by atoms with Crippen molar-refractivity contribution in [3.8, 4) is 17.0 Å². The first-order chi connectivity index (χ1) is 17.5. The standard InChI is InChI=1S/C28H26F3N3O3/c1-17(2)25-21-8-4-6-10-23(21)33-26(25)22-9-5-7-11-24(22)34(16-18(3)35)27(36)32-19-12-14-20(15-13-19)37-28(29,30)31/h4-15,17,33H,16H2,1-3H3,(H,32,36). The summed E-state index contributed by atoms with van der Waals surface area (Å²) in [7, 11) is 0. The van der Waals surface area contributed by atoms with E-state index in [0.29, 0.717) is 5.69 Å². The molecule has 1 heterocycles. The Morgan fingerprint density at radius 3 is 2.27 bits per heavy atom. The number of nitrogens with one attached hydrogen (secondary N) is 2. The minimum Gasteiger partial charge on any atom is -0.406 e. The number of ether oxygens (including phenoxy) is 1. The van der Waals surface area contributed by atoms with Crippen LogP contribution in [0.25, 0.3) is 22.2 Å². The molecule has 0 aliphatic carbocycles. The summed E-state index contributed by atoms with van der Waals surface area (Å²) in [6.07, 6.45) is -4.82. The molecule has 4 rings (SSSR count). The molecule has 0 aliphatic rings. The van der Waals surface area contributed by atoms with Crippen LogP contribution in [-0.2, 0) is 4.79 Å². The number of alkyl halides is 3. The number of H-pyrrole nitrogens is 1. The minimum absolute atomic E-state index is 0.173. The van der Waals surface area contributed by atoms with Gasteiger partial charge in [-0.3, -0.25) is 9.69 Å². The van der Waals surface area contributed by atoms with Crippen molar-refractivity contribution in [1.29, 1.82) is 0 Å². The maximum absolute atomic E-state index is 13.4. The van der Waals surface area contributed by atoms with Crippen LogP contribution in [0, 0.1) is 0 Å². The van der Waals surface area contributed by atoms with E-state index in [4.69, 9.17) is 0 Å². The largest absolute Gasteiger partial charge is 0.573 e. The summed E-state index contributed by atoms with van der Waals surface area (Å²) in [5, 5.41) is 3.74. The Bertz CT molecular complexity index is 1430. The smallest absolute Gasteiger partial charge is 0.406 e. The molecule has 4 aromatic rings. The van der Waals surface area contributed by atoms with Gasteiger partial charge in [0.05, 0.1) is 17.9 Å². The highest BCUT2D eigenvalue weighted by atomic mass is 19.4. The molecule has 0 saturated carbocycles. The highest BCUT2D eigenvalue weighted by molar-refractivity contribution is 6.08. The van der Waals surface area contributed by atoms with Crippen LogP contribution in [0.3, 0.4) is 0 Å². The van der Waals surface area contributed by atoms with E-state index < -0.39 is 18.1 Å². The number of aromatic amines is 1. The number of benzene rings is 3. The predicted molar refractivity (Wildman–Crippen MR) is 138 cm³/mol. The molecule has 0 atom stereocenters. The van der Waals surface area contributed by atoms with Gasteiger partial charge in [-0.2, -0.15) is 0 Å². The molecular formula is C28H26F3N3O3. The number of carbonyl (C=O) groups is 2. The zero-order chi connectivity index (χ0) is 26.7. The quantitative estimate of drug-likeness (QED) is 0.271. The number of fused-ring (bicyclic) bond motifs is 1. The molecule has 0 spiro atoms. The van der Waals surface area contributed by atoms with Crippen LogP contribution in [-0.4, -0.2) is 29.7 Å². The monoisotopic (exact) mass is 509 g/mol. The van der Waals surface area contributed by atoms with E-state index in [0.717, 1.165) is 39.9 Å². The van der Waals surface area contributed by atoms with E-state index in [2.05, 4.69) is 28.9 Å². The Kier molecular flexibility index (Phi) is 7.24. The van der Waals surface area contributed by atoms with Crippen molar-refractivity contribution in [2.75, 3.05) is 16.8 Å². The molecule has 2 N–H and O–H groups in total. The van der Waals surface area contributed by atoms with E-state index in [1.54, 1.807) is 12.1 Å². The van der Waals surface area contributed by atoms with Crippen molar-refractivity contribution < 1.29 is 27.5 Å². The van der Waals surface area contributed by atoms with Crippen LogP contribution >= 0.6 is 0 Å². The molecule has 0 unspecified atom stereocenters. The molecule has 0 aliphatic heterocycles. The first-order valence-electron chi connectivity index (χ1n) is 11.7. The summed E-state index contributed by atoms with van der Waals surface area (Å²) in [4.78, 5) is 30.4. The van der Waals surface area contributed by atoms with Crippen molar-refractivity contribution in [2.45, 2.75) is 33.1 Å². The molecule has 0 fully saturated rings. The van der Waals surface area contributed by atoms with Crippen LogP contribution < -0.4 is 15.0 Å². The average molecular weight is 510 g/mol. The lowest BCUT2D eigenvalue weighted by Crippen LogP contribution is -2.38. The second-order valence-corrected chi connectivity index (χ2v) is 8.92. The van der Waals surface area contributed by atoms with Gasteiger partial charge >= 0.3 is 12.4 Å². The van der Waals surface area contributed by atoms with Gasteiger partial charge in [0.1, 0.15) is 11.5 Å². The molecule has 37 heavy (non-hydrogen) atoms. The highest BCUT2D eigenvalue weighted by Crippen LogP contribution is 2.39. The number of para-hydroxylation sites is 2. The van der Waals surface area contributed by atoms with E-state index in [1.165, 1.54) is 24.0 Å². The third-order valence-electron chi connectivity index (χ3n) is 5.75. The molecule has 192 valence electrons. The van der Waals surface area contributed by atoms with Crippen LogP contribution in [0.5, 0.6) is 5.75 Å². The average Bonchev–Trinajstić information content (AvgIpc) is 3.22. The number of Topliss-reactive ketones (excluding diaryl/α,β-unsaturated/α-hetero) is 1. The summed E-state index contributed by atoms with van der Waals surface area (Å²) in [5.74, 6) is -0.470. The Morgan fingerprint density at radius 2 is 1.62 bits per heavy atom. The van der Waals surface area contributed by atoms with Gasteiger partial charge in [0, 0.05) is 22.2 Å². The zero-order valence-corrected chi connectivity index (χ0v) is 20.5. The number of carbonyl (C=O) groups excluding carboxylic acids is 2. The number of urea groups is 1. The Morgan fingerprint density at radius 1 is 0.973 bits per heavy atom. The number of ketones is 1. The topological polar surface area (TPSA) is 74.4 Å². The van der Waals surface area contributed by atoms with Gasteiger partial charge < -0.3 is 15.0 Å². The van der Waals surface area contributed by atoms with Crippen molar-refractivity contribution in [2.24, 2.45) is 0 Å². The summed E-state index contributed by atoms with van der Waals surface area (Å²) >= 11 is 0. The van der Waals surface area contributed by atoms with Gasteiger partial charge in [-0.15, -0.1) is 13.2 Å². The molecule has 6 nitrogen and oxygen atoms in total. The predicted octanol–water partition coefficient (Wildman–Crippen LogP) is 7.48. The second-order valence-electron chi connectivity index (χ2n) is 8.92. The van der Waals surface area contributed by atoms with Crippen molar-refractivity contribution >= 4 is 34.1 Å². The Labute approximate surface area is 212 Å². The number of anilines is 2. The number of halogens is 3. The molecule has 0 bridgehead atoms. The second kappa shape index (κ2) is 10.4. The number of hydrogen-bond acceptors (Lipinski definition) is 3. The van der Waals surface area contributed by atoms with E-state index >= 15 is 0 Å². The molecule has 0 radical (unpaired) electrons. The zero-order valence-electron chi connectivity index (χ0n) is 20.5. The number of nitrogens with zero attached hydrogens (tertiary/aromatic N) is 1. The van der Waals surface area contributed by atoms with Gasteiger partial charge in [0.25, 0.3) is 0 Å². The highest BCUT2D eigenvalue weighted by Gasteiger charge is 2.31. The molecule has 1 aromatic heterocycles. The molecule has 3 aromatic carbocycles. The van der Waals surface area contributed by atoms with Crippen molar-refractivity contribution in [1.82, 2.24) is 4.98 Å². The lowest BCUT2D eigenvalue weighted by molar-refractivity contribution is -0.274. The van der Waals surface area contributed by atoms with Crippen molar-refractivity contribution in [3.05, 3.63) is 78.4 Å². The first kappa shape index (κ1) is 25.8. The van der Waals surface area contributed by atoms with Crippen LogP contribution in [0.4, 0.5) is 29.3 Å². The lowest BCUT2D eigenvalue weighted by atomic mass is 9.95. The summed E-state index contributed by atoms with van der Waals surface area (Å²) < 4.78 is 41.3. The number of rotatable bonds is 7. The Hall–Kier alpha value is -4.27. The fourth-order valence-electron chi connectivity index (χ4n) is 4.32. The fraction of sp³-hybridized carbons (Fsp3) is 0.214. The SMILES string of the molecule is CC(=O)CN(C(=O)Nc1ccc(OC(F)(F)F)cc1)c1ccccc1-c1[nH]c2ccccc2c1C(C)C. The van der Waals surface area contributed by atoms with E-state index in [-0.39, 0.29) is 23.9 Å². The normalized spacial score (nSPS) is 11.5. The van der Waals surface area contributed by atoms with E-state index in [9.17, 15) is 22.8 Å². The van der Waals surface area contributed by atoms with Gasteiger partial charge in [0.2, 0.25) is 0 Å². The summed E-state index contributed by atoms with van der Waals surface area (Å²) in [6.45, 7) is 5.37.